The fourth-order valence-corrected chi connectivity index (χ4v) is 7.76. The van der Waals surface area contributed by atoms with Gasteiger partial charge >= 0.3 is 6.09 Å². The highest BCUT2D eigenvalue weighted by molar-refractivity contribution is 5.83. The molecule has 0 saturated carbocycles. The van der Waals surface area contributed by atoms with Gasteiger partial charge in [-0.2, -0.15) is 0 Å². The van der Waals surface area contributed by atoms with Gasteiger partial charge < -0.3 is 30.9 Å². The maximum atomic E-state index is 14.0. The van der Waals surface area contributed by atoms with Crippen LogP contribution in [-0.4, -0.2) is 93.5 Å². The topological polar surface area (TPSA) is 143 Å². The largest absolute Gasteiger partial charge is 0.444 e. The summed E-state index contributed by atoms with van der Waals surface area (Å²) in [6, 6.07) is 24.6. The molecule has 5 atom stereocenters. The summed E-state index contributed by atoms with van der Waals surface area (Å²) in [5, 5.41) is 31.8. The maximum Gasteiger partial charge on any atom is 0.408 e. The molecule has 11 heteroatoms. The zero-order valence-electron chi connectivity index (χ0n) is 34.5. The molecular formula is C45H63N5O6. The third-order valence-corrected chi connectivity index (χ3v) is 10.4. The molecule has 3 aromatic rings. The van der Waals surface area contributed by atoms with E-state index in [-0.39, 0.29) is 24.8 Å². The van der Waals surface area contributed by atoms with Crippen molar-refractivity contribution >= 4 is 17.9 Å². The zero-order chi connectivity index (χ0) is 40.8. The molecular weight excluding hydrogens is 707 g/mol. The number of carbonyl (C=O) groups is 3. The number of hydrogen-bond acceptors (Lipinski definition) is 8. The van der Waals surface area contributed by atoms with Crippen LogP contribution in [0.1, 0.15) is 95.7 Å². The lowest BCUT2D eigenvalue weighted by molar-refractivity contribution is -0.132. The van der Waals surface area contributed by atoms with Crippen LogP contribution in [0.25, 0.3) is 0 Å². The van der Waals surface area contributed by atoms with Gasteiger partial charge in [0.05, 0.1) is 23.8 Å². The molecule has 0 bridgehead atoms. The SMILES string of the molecule is CC(C)(C)NC(=O)[C@@H]1CN(Cc2cccc(C(C)(C)NC(=O)OC(C)(C)C)c2)CCN1C[C@@H](O)C[C@@H](Cc1ccccc1)C(=O)NC1c2ccccc2C[C@H]1O. The van der Waals surface area contributed by atoms with Gasteiger partial charge in [-0.25, -0.2) is 4.79 Å². The summed E-state index contributed by atoms with van der Waals surface area (Å²) >= 11 is 0. The van der Waals surface area contributed by atoms with E-state index in [4.69, 9.17) is 4.74 Å². The molecule has 3 amide bonds. The van der Waals surface area contributed by atoms with E-state index in [2.05, 4.69) is 33.0 Å². The van der Waals surface area contributed by atoms with Gasteiger partial charge in [0.2, 0.25) is 11.8 Å². The number of amides is 3. The fourth-order valence-electron chi connectivity index (χ4n) is 7.76. The van der Waals surface area contributed by atoms with Gasteiger partial charge in [0.1, 0.15) is 11.6 Å². The van der Waals surface area contributed by atoms with Gasteiger partial charge in [-0.05, 0) is 96.0 Å². The predicted octanol–water partition coefficient (Wildman–Crippen LogP) is 5.23. The van der Waals surface area contributed by atoms with E-state index >= 15 is 0 Å². The average molecular weight is 770 g/mol. The van der Waals surface area contributed by atoms with Crippen LogP contribution in [0.15, 0.2) is 78.9 Å². The monoisotopic (exact) mass is 769 g/mol. The van der Waals surface area contributed by atoms with Crippen LogP contribution in [0.5, 0.6) is 0 Å². The van der Waals surface area contributed by atoms with Crippen molar-refractivity contribution in [2.75, 3.05) is 26.2 Å². The highest BCUT2D eigenvalue weighted by Crippen LogP contribution is 2.32. The number of nitrogens with one attached hydrogen (secondary N) is 3. The van der Waals surface area contributed by atoms with E-state index in [0.717, 1.165) is 27.8 Å². The second-order valence-electron chi connectivity index (χ2n) is 18.2. The highest BCUT2D eigenvalue weighted by Gasteiger charge is 2.37. The van der Waals surface area contributed by atoms with Gasteiger partial charge in [-0.15, -0.1) is 0 Å². The molecule has 304 valence electrons. The number of benzene rings is 3. The third-order valence-electron chi connectivity index (χ3n) is 10.4. The van der Waals surface area contributed by atoms with Crippen LogP contribution >= 0.6 is 0 Å². The molecule has 1 aliphatic carbocycles. The number of fused-ring (bicyclic) bond motifs is 1. The molecule has 5 N–H and O–H groups in total. The Morgan fingerprint density at radius 1 is 0.857 bits per heavy atom. The number of nitrogens with zero attached hydrogens (tertiary/aromatic N) is 2. The molecule has 56 heavy (non-hydrogen) atoms. The Bertz CT molecular complexity index is 1800. The van der Waals surface area contributed by atoms with Gasteiger partial charge in [0, 0.05) is 50.6 Å². The number of aliphatic hydroxyl groups is 2. The van der Waals surface area contributed by atoms with E-state index in [1.54, 1.807) is 0 Å². The molecule has 2 aliphatic rings. The van der Waals surface area contributed by atoms with Crippen molar-refractivity contribution in [2.45, 2.75) is 122 Å². The van der Waals surface area contributed by atoms with Gasteiger partial charge in [-0.3, -0.25) is 19.4 Å². The Kier molecular flexibility index (Phi) is 13.7. The second kappa shape index (κ2) is 17.9. The van der Waals surface area contributed by atoms with Crippen molar-refractivity contribution in [1.29, 1.82) is 0 Å². The third kappa shape index (κ3) is 12.1. The first-order valence-corrected chi connectivity index (χ1v) is 19.9. The normalized spacial score (nSPS) is 20.4. The van der Waals surface area contributed by atoms with Crippen LogP contribution in [0.4, 0.5) is 4.79 Å². The average Bonchev–Trinajstić information content (AvgIpc) is 3.41. The number of alkyl carbamates (subject to hydrolysis) is 1. The Hall–Kier alpha value is -4.29. The quantitative estimate of drug-likeness (QED) is 0.159. The van der Waals surface area contributed by atoms with E-state index in [0.29, 0.717) is 39.0 Å². The number of β-amino-alcohol motifs (C(OH)–C–C–N with tert-alkyl or cyclic N) is 1. The number of rotatable bonds is 13. The van der Waals surface area contributed by atoms with Crippen LogP contribution < -0.4 is 16.0 Å². The summed E-state index contributed by atoms with van der Waals surface area (Å²) < 4.78 is 5.51. The molecule has 11 nitrogen and oxygen atoms in total. The van der Waals surface area contributed by atoms with Crippen molar-refractivity contribution in [3.8, 4) is 0 Å². The van der Waals surface area contributed by atoms with Crippen molar-refractivity contribution in [2.24, 2.45) is 5.92 Å². The van der Waals surface area contributed by atoms with Crippen molar-refractivity contribution in [3.63, 3.8) is 0 Å². The number of hydrogen-bond donors (Lipinski definition) is 5. The molecule has 0 aromatic heterocycles. The lowest BCUT2D eigenvalue weighted by Gasteiger charge is -2.42. The Morgan fingerprint density at radius 2 is 1.54 bits per heavy atom. The van der Waals surface area contributed by atoms with Crippen LogP contribution in [0, 0.1) is 5.92 Å². The highest BCUT2D eigenvalue weighted by atomic mass is 16.6. The molecule has 0 radical (unpaired) electrons. The van der Waals surface area contributed by atoms with E-state index < -0.39 is 53.0 Å². The van der Waals surface area contributed by atoms with Gasteiger partial charge in [0.15, 0.2) is 0 Å². The Morgan fingerprint density at radius 3 is 2.23 bits per heavy atom. The number of ether oxygens (including phenoxy) is 1. The smallest absolute Gasteiger partial charge is 0.408 e. The minimum absolute atomic E-state index is 0.113. The molecule has 5 rings (SSSR count). The number of carbonyl (C=O) groups excluding carboxylic acids is 3. The standard InChI is InChI=1S/C45H63N5O6/c1-43(2,3)47-41(54)37-29-49(27-31-17-14-19-34(24-31)45(7,8)48-42(55)56-44(4,5)6)21-22-50(37)28-35(51)25-33(23-30-15-10-9-11-16-30)40(53)46-39-36-20-13-12-18-32(36)26-38(39)52/h9-20,24,33,35,37-39,51-52H,21-23,25-29H2,1-8H3,(H,46,53)(H,47,54)(H,48,55)/t33-,35+,37+,38-,39?/m1/s1. The molecule has 1 fully saturated rings. The first kappa shape index (κ1) is 42.8. The number of piperazine rings is 1. The van der Waals surface area contributed by atoms with Crippen LogP contribution in [-0.2, 0) is 39.3 Å². The summed E-state index contributed by atoms with van der Waals surface area (Å²) in [7, 11) is 0. The summed E-state index contributed by atoms with van der Waals surface area (Å²) in [6.07, 6.45) is -0.989. The fraction of sp³-hybridized carbons (Fsp3) is 0.533. The zero-order valence-corrected chi connectivity index (χ0v) is 34.5. The molecule has 1 saturated heterocycles. The molecule has 3 aromatic carbocycles. The Balaban J connectivity index is 1.28. The van der Waals surface area contributed by atoms with Gasteiger partial charge in [-0.1, -0.05) is 78.9 Å². The van der Waals surface area contributed by atoms with E-state index in [1.165, 1.54) is 0 Å². The Labute approximate surface area is 333 Å². The summed E-state index contributed by atoms with van der Waals surface area (Å²) in [5.74, 6) is -0.887. The van der Waals surface area contributed by atoms with E-state index in [1.807, 2.05) is 127 Å². The van der Waals surface area contributed by atoms with Crippen LogP contribution in [0.2, 0.25) is 0 Å². The predicted molar refractivity (Wildman–Crippen MR) is 219 cm³/mol. The molecule has 1 heterocycles. The maximum absolute atomic E-state index is 14.0. The number of aliphatic hydroxyl groups excluding tert-OH is 2. The summed E-state index contributed by atoms with van der Waals surface area (Å²) in [5.41, 5.74) is 3.17. The minimum Gasteiger partial charge on any atom is -0.444 e. The lowest BCUT2D eigenvalue weighted by Crippen LogP contribution is -2.61. The minimum atomic E-state index is -0.886. The van der Waals surface area contributed by atoms with Crippen molar-refractivity contribution in [3.05, 3.63) is 107 Å². The molecule has 1 aliphatic heterocycles. The lowest BCUT2D eigenvalue weighted by atomic mass is 9.91. The first-order chi connectivity index (χ1) is 26.3. The molecule has 0 spiro atoms. The van der Waals surface area contributed by atoms with Crippen LogP contribution in [0.3, 0.4) is 0 Å². The second-order valence-corrected chi connectivity index (χ2v) is 18.2. The van der Waals surface area contributed by atoms with Crippen molar-refractivity contribution in [1.82, 2.24) is 25.8 Å². The summed E-state index contributed by atoms with van der Waals surface area (Å²) in [6.45, 7) is 17.7. The van der Waals surface area contributed by atoms with Crippen molar-refractivity contribution < 1.29 is 29.3 Å². The summed E-state index contributed by atoms with van der Waals surface area (Å²) in [4.78, 5) is 44.8. The first-order valence-electron chi connectivity index (χ1n) is 19.9. The molecule has 1 unspecified atom stereocenters. The van der Waals surface area contributed by atoms with E-state index in [9.17, 15) is 24.6 Å². The van der Waals surface area contributed by atoms with Gasteiger partial charge in [0.25, 0.3) is 0 Å².